The lowest BCUT2D eigenvalue weighted by atomic mass is 10.4. The molecule has 0 heterocycles. The van der Waals surface area contributed by atoms with E-state index in [9.17, 15) is 14.2 Å². The number of aliphatic carboxylic acids is 1. The van der Waals surface area contributed by atoms with Gasteiger partial charge in [-0.3, -0.25) is 4.52 Å². The first-order valence-electron chi connectivity index (χ1n) is 5.39. The Morgan fingerprint density at radius 2 is 1.55 bits per heavy atom. The molecule has 0 aliphatic heterocycles. The number of carboxylic acids is 1. The summed E-state index contributed by atoms with van der Waals surface area (Å²) in [6.07, 6.45) is 0.226. The van der Waals surface area contributed by atoms with Crippen LogP contribution in [0.3, 0.4) is 0 Å². The number of hydrogen-bond donors (Lipinski definition) is 3. The van der Waals surface area contributed by atoms with Crippen molar-refractivity contribution in [2.45, 2.75) is 20.3 Å². The van der Waals surface area contributed by atoms with E-state index in [1.54, 1.807) is 0 Å². The maximum absolute atomic E-state index is 10.8. The van der Waals surface area contributed by atoms with E-state index in [1.807, 2.05) is 0 Å². The van der Waals surface area contributed by atoms with Crippen molar-refractivity contribution in [3.8, 4) is 0 Å². The smallest absolute Gasteiger partial charge is 0.469 e. The fourth-order valence-corrected chi connectivity index (χ4v) is 0.897. The van der Waals surface area contributed by atoms with Crippen molar-refractivity contribution in [3.63, 3.8) is 0 Å². The van der Waals surface area contributed by atoms with E-state index >= 15 is 0 Å². The maximum atomic E-state index is 10.8. The molecule has 9 heteroatoms. The second-order valence-electron chi connectivity index (χ2n) is 3.68. The van der Waals surface area contributed by atoms with Gasteiger partial charge in [-0.1, -0.05) is 13.2 Å². The number of carbonyl (C=O) groups excluding carboxylic acids is 1. The quantitative estimate of drug-likeness (QED) is 0.277. The Balaban J connectivity index is 0. The Bertz CT molecular complexity index is 397. The van der Waals surface area contributed by atoms with Gasteiger partial charge in [0.05, 0.1) is 13.2 Å². The van der Waals surface area contributed by atoms with Crippen LogP contribution < -0.4 is 0 Å². The summed E-state index contributed by atoms with van der Waals surface area (Å²) in [6, 6.07) is 0. The summed E-state index contributed by atoms with van der Waals surface area (Å²) < 4.78 is 19.0. The predicted molar refractivity (Wildman–Crippen MR) is 70.8 cm³/mol. The summed E-state index contributed by atoms with van der Waals surface area (Å²) in [5, 5.41) is 7.89. The fourth-order valence-electron chi connectivity index (χ4n) is 0.530. The highest BCUT2D eigenvalue weighted by Gasteiger charge is 2.12. The highest BCUT2D eigenvalue weighted by atomic mass is 31.2. The van der Waals surface area contributed by atoms with Crippen LogP contribution in [0.5, 0.6) is 0 Å². The average Bonchev–Trinajstić information content (AvgIpc) is 2.27. The zero-order valence-electron chi connectivity index (χ0n) is 11.4. The summed E-state index contributed by atoms with van der Waals surface area (Å²) in [4.78, 5) is 36.9. The van der Waals surface area contributed by atoms with E-state index in [0.717, 1.165) is 0 Å². The molecule has 0 aliphatic rings. The molecule has 0 rings (SSSR count). The third-order valence-electron chi connectivity index (χ3n) is 1.49. The standard InChI is InChI=1S/C7H13O6P.C4H6O2/c1-6(2)7(8)12-4-3-5-13-14(9,10)11;1-3(2)4(5)6/h1,3-5H2,2H3,(H2,9,10,11);1H2,2H3,(H,5,6). The van der Waals surface area contributed by atoms with Crippen molar-refractivity contribution in [1.29, 1.82) is 0 Å². The van der Waals surface area contributed by atoms with E-state index in [2.05, 4.69) is 22.4 Å². The highest BCUT2D eigenvalue weighted by Crippen LogP contribution is 2.35. The Morgan fingerprint density at radius 3 is 1.85 bits per heavy atom. The van der Waals surface area contributed by atoms with E-state index < -0.39 is 19.8 Å². The molecular formula is C11H19O8P. The van der Waals surface area contributed by atoms with Gasteiger partial charge in [0, 0.05) is 17.6 Å². The number of hydrogen-bond acceptors (Lipinski definition) is 5. The van der Waals surface area contributed by atoms with Crippen LogP contribution in [-0.4, -0.2) is 40.0 Å². The molecule has 3 N–H and O–H groups in total. The van der Waals surface area contributed by atoms with E-state index in [1.165, 1.54) is 13.8 Å². The number of rotatable bonds is 7. The van der Waals surface area contributed by atoms with Crippen molar-refractivity contribution < 1.29 is 38.3 Å². The Labute approximate surface area is 116 Å². The van der Waals surface area contributed by atoms with E-state index in [4.69, 9.17) is 14.9 Å². The normalized spacial score (nSPS) is 10.0. The zero-order valence-corrected chi connectivity index (χ0v) is 12.3. The number of phosphoric acid groups is 1. The van der Waals surface area contributed by atoms with Gasteiger partial charge in [-0.05, 0) is 13.8 Å². The predicted octanol–water partition coefficient (Wildman–Crippen LogP) is 1.25. The molecule has 8 nitrogen and oxygen atoms in total. The molecule has 0 saturated heterocycles. The zero-order chi connectivity index (χ0) is 16.3. The molecule has 116 valence electrons. The molecule has 0 fully saturated rings. The third-order valence-corrected chi connectivity index (χ3v) is 2.01. The molecule has 0 spiro atoms. The summed E-state index contributed by atoms with van der Waals surface area (Å²) in [7, 11) is -4.41. The van der Waals surface area contributed by atoms with Crippen LogP contribution >= 0.6 is 7.82 Å². The van der Waals surface area contributed by atoms with Gasteiger partial charge in [-0.15, -0.1) is 0 Å². The number of carbonyl (C=O) groups is 2. The summed E-state index contributed by atoms with van der Waals surface area (Å²) in [5.74, 6) is -1.46. The van der Waals surface area contributed by atoms with Gasteiger partial charge in [0.25, 0.3) is 0 Å². The van der Waals surface area contributed by atoms with Gasteiger partial charge in [0.1, 0.15) is 0 Å². The second kappa shape index (κ2) is 10.3. The van der Waals surface area contributed by atoms with Crippen molar-refractivity contribution in [2.75, 3.05) is 13.2 Å². The summed E-state index contributed by atoms with van der Waals surface area (Å²) in [5.41, 5.74) is 0.455. The minimum atomic E-state index is -4.41. The molecule has 20 heavy (non-hydrogen) atoms. The molecule has 0 bridgehead atoms. The van der Waals surface area contributed by atoms with Crippen molar-refractivity contribution in [2.24, 2.45) is 0 Å². The SMILES string of the molecule is C=C(C)C(=O)O.C=C(C)C(=O)OCCCOP(=O)(O)O. The van der Waals surface area contributed by atoms with Crippen LogP contribution in [0.15, 0.2) is 24.3 Å². The molecular weight excluding hydrogens is 291 g/mol. The van der Waals surface area contributed by atoms with Crippen molar-refractivity contribution in [1.82, 2.24) is 0 Å². The van der Waals surface area contributed by atoms with Crippen LogP contribution in [0.2, 0.25) is 0 Å². The van der Waals surface area contributed by atoms with Gasteiger partial charge >= 0.3 is 19.8 Å². The van der Waals surface area contributed by atoms with E-state index in [0.29, 0.717) is 0 Å². The van der Waals surface area contributed by atoms with Gasteiger partial charge in [0.15, 0.2) is 0 Å². The number of ether oxygens (including phenoxy) is 1. The molecule has 0 atom stereocenters. The first-order valence-corrected chi connectivity index (χ1v) is 6.92. The van der Waals surface area contributed by atoms with Crippen molar-refractivity contribution in [3.05, 3.63) is 24.3 Å². The van der Waals surface area contributed by atoms with Crippen LogP contribution in [0.4, 0.5) is 0 Å². The van der Waals surface area contributed by atoms with Crippen LogP contribution in [0, 0.1) is 0 Å². The third kappa shape index (κ3) is 16.5. The minimum absolute atomic E-state index is 0.0473. The van der Waals surface area contributed by atoms with Gasteiger partial charge in [-0.25, -0.2) is 14.2 Å². The topological polar surface area (TPSA) is 130 Å². The molecule has 0 aromatic heterocycles. The molecule has 0 aromatic carbocycles. The lowest BCUT2D eigenvalue weighted by Gasteiger charge is -2.05. The number of carboxylic acid groups (broad SMARTS) is 1. The average molecular weight is 310 g/mol. The van der Waals surface area contributed by atoms with Crippen LogP contribution in [-0.2, 0) is 23.4 Å². The lowest BCUT2D eigenvalue weighted by molar-refractivity contribution is -0.139. The second-order valence-corrected chi connectivity index (χ2v) is 4.92. The monoisotopic (exact) mass is 310 g/mol. The lowest BCUT2D eigenvalue weighted by Crippen LogP contribution is -2.07. The first kappa shape index (κ1) is 20.8. The molecule has 0 aliphatic carbocycles. The summed E-state index contributed by atoms with van der Waals surface area (Å²) in [6.45, 7) is 9.36. The molecule has 0 radical (unpaired) electrons. The number of esters is 1. The molecule has 0 aromatic rings. The maximum Gasteiger partial charge on any atom is 0.469 e. The summed E-state index contributed by atoms with van der Waals surface area (Å²) >= 11 is 0. The Morgan fingerprint density at radius 1 is 1.10 bits per heavy atom. The molecule has 0 amide bonds. The van der Waals surface area contributed by atoms with E-state index in [-0.39, 0.29) is 30.8 Å². The fraction of sp³-hybridized carbons (Fsp3) is 0.455. The van der Waals surface area contributed by atoms with Crippen LogP contribution in [0.1, 0.15) is 20.3 Å². The molecule has 0 unspecified atom stereocenters. The highest BCUT2D eigenvalue weighted by molar-refractivity contribution is 7.46. The Hall–Kier alpha value is -1.47. The van der Waals surface area contributed by atoms with Gasteiger partial charge < -0.3 is 19.6 Å². The minimum Gasteiger partial charge on any atom is -0.478 e. The molecule has 0 saturated carbocycles. The first-order chi connectivity index (χ1) is 8.97. The largest absolute Gasteiger partial charge is 0.478 e. The Kier molecular flexibility index (Phi) is 10.8. The van der Waals surface area contributed by atoms with Gasteiger partial charge in [0.2, 0.25) is 0 Å². The number of phosphoric ester groups is 1. The van der Waals surface area contributed by atoms with Gasteiger partial charge in [-0.2, -0.15) is 0 Å². The van der Waals surface area contributed by atoms with Crippen molar-refractivity contribution >= 4 is 19.8 Å². The van der Waals surface area contributed by atoms with Crippen LogP contribution in [0.25, 0.3) is 0 Å².